The largest absolute Gasteiger partial charge is 0.271 e. The van der Waals surface area contributed by atoms with Crippen LogP contribution in [0.5, 0.6) is 0 Å². The Bertz CT molecular complexity index is 605. The van der Waals surface area contributed by atoms with E-state index in [1.165, 1.54) is 30.3 Å². The number of benzene rings is 2. The van der Waals surface area contributed by atoms with Gasteiger partial charge in [-0.05, 0) is 29.8 Å². The number of rotatable bonds is 3. The lowest BCUT2D eigenvalue weighted by molar-refractivity contribution is 0.556. The first-order chi connectivity index (χ1) is 9.02. The van der Waals surface area contributed by atoms with Gasteiger partial charge in [-0.2, -0.15) is 0 Å². The average Bonchev–Trinajstić information content (AvgIpc) is 2.37. The molecule has 0 fully saturated rings. The van der Waals surface area contributed by atoms with Crippen LogP contribution in [0, 0.1) is 11.6 Å². The van der Waals surface area contributed by atoms with Crippen molar-refractivity contribution in [1.82, 2.24) is 5.43 Å². The summed E-state index contributed by atoms with van der Waals surface area (Å²) < 4.78 is 27.3. The molecular weight excluding hydrogens is 293 g/mol. The normalized spacial score (nSPS) is 12.5. The van der Waals surface area contributed by atoms with Crippen LogP contribution < -0.4 is 11.3 Å². The van der Waals surface area contributed by atoms with Crippen LogP contribution >= 0.6 is 23.2 Å². The Morgan fingerprint density at radius 3 is 2.32 bits per heavy atom. The molecule has 0 spiro atoms. The molecule has 6 heteroatoms. The fourth-order valence-corrected chi connectivity index (χ4v) is 2.07. The maximum Gasteiger partial charge on any atom is 0.142 e. The Morgan fingerprint density at radius 2 is 1.74 bits per heavy atom. The number of nitrogens with two attached hydrogens (primary N) is 1. The third-order valence-electron chi connectivity index (χ3n) is 2.72. The highest BCUT2D eigenvalue weighted by Gasteiger charge is 2.18. The van der Waals surface area contributed by atoms with E-state index in [4.69, 9.17) is 29.0 Å². The molecule has 0 aromatic heterocycles. The van der Waals surface area contributed by atoms with Crippen molar-refractivity contribution >= 4 is 23.2 Å². The van der Waals surface area contributed by atoms with Gasteiger partial charge in [0.15, 0.2) is 0 Å². The molecule has 0 aliphatic carbocycles. The van der Waals surface area contributed by atoms with Crippen molar-refractivity contribution in [3.63, 3.8) is 0 Å². The summed E-state index contributed by atoms with van der Waals surface area (Å²) in [7, 11) is 0. The molecule has 0 amide bonds. The molecule has 100 valence electrons. The summed E-state index contributed by atoms with van der Waals surface area (Å²) in [6.45, 7) is 0. The predicted octanol–water partition coefficient (Wildman–Crippen LogP) is 3.82. The van der Waals surface area contributed by atoms with Crippen molar-refractivity contribution in [3.05, 3.63) is 69.2 Å². The molecule has 0 bridgehead atoms. The summed E-state index contributed by atoms with van der Waals surface area (Å²) in [4.78, 5) is 0. The number of halogens is 4. The molecular formula is C13H10Cl2F2N2. The molecule has 2 aromatic rings. The van der Waals surface area contributed by atoms with E-state index in [1.54, 1.807) is 6.07 Å². The molecule has 0 heterocycles. The first-order valence-electron chi connectivity index (χ1n) is 5.39. The lowest BCUT2D eigenvalue weighted by Gasteiger charge is -2.18. The maximum atomic E-state index is 13.9. The Labute approximate surface area is 119 Å². The molecule has 0 saturated heterocycles. The molecule has 1 unspecified atom stereocenters. The Kier molecular flexibility index (Phi) is 4.37. The van der Waals surface area contributed by atoms with Gasteiger partial charge in [0, 0.05) is 10.6 Å². The number of nitrogens with one attached hydrogen (secondary N) is 1. The van der Waals surface area contributed by atoms with Crippen molar-refractivity contribution < 1.29 is 8.78 Å². The van der Waals surface area contributed by atoms with Gasteiger partial charge in [-0.3, -0.25) is 5.84 Å². The SMILES string of the molecule is NNC(c1ccc(Cl)c(F)c1)c1ccc(Cl)cc1F. The smallest absolute Gasteiger partial charge is 0.142 e. The van der Waals surface area contributed by atoms with Crippen molar-refractivity contribution in [2.24, 2.45) is 5.84 Å². The van der Waals surface area contributed by atoms with E-state index in [-0.39, 0.29) is 15.6 Å². The van der Waals surface area contributed by atoms with Crippen LogP contribution in [0.2, 0.25) is 10.0 Å². The van der Waals surface area contributed by atoms with Gasteiger partial charge in [0.05, 0.1) is 11.1 Å². The first-order valence-corrected chi connectivity index (χ1v) is 6.14. The topological polar surface area (TPSA) is 38.0 Å². The van der Waals surface area contributed by atoms with Gasteiger partial charge in [-0.15, -0.1) is 0 Å². The van der Waals surface area contributed by atoms with Crippen LogP contribution in [0.4, 0.5) is 8.78 Å². The molecule has 19 heavy (non-hydrogen) atoms. The monoisotopic (exact) mass is 302 g/mol. The Balaban J connectivity index is 2.46. The number of hydrogen-bond acceptors (Lipinski definition) is 2. The summed E-state index contributed by atoms with van der Waals surface area (Å²) in [6.07, 6.45) is 0. The highest BCUT2D eigenvalue weighted by molar-refractivity contribution is 6.31. The molecule has 0 saturated carbocycles. The van der Waals surface area contributed by atoms with Gasteiger partial charge in [0.1, 0.15) is 11.6 Å². The van der Waals surface area contributed by atoms with Gasteiger partial charge in [0.25, 0.3) is 0 Å². The molecule has 2 aromatic carbocycles. The third kappa shape index (κ3) is 3.04. The zero-order valence-corrected chi connectivity index (χ0v) is 11.1. The van der Waals surface area contributed by atoms with Crippen molar-refractivity contribution in [2.75, 3.05) is 0 Å². The minimum atomic E-state index is -0.691. The molecule has 2 nitrogen and oxygen atoms in total. The van der Waals surface area contributed by atoms with E-state index < -0.39 is 17.7 Å². The minimum absolute atomic E-state index is 0.00361. The second-order valence-corrected chi connectivity index (χ2v) is 4.78. The van der Waals surface area contributed by atoms with E-state index in [2.05, 4.69) is 5.43 Å². The Morgan fingerprint density at radius 1 is 1.00 bits per heavy atom. The fraction of sp³-hybridized carbons (Fsp3) is 0.0769. The molecule has 3 N–H and O–H groups in total. The average molecular weight is 303 g/mol. The summed E-state index contributed by atoms with van der Waals surface area (Å²) in [5, 5.41) is 0.274. The van der Waals surface area contributed by atoms with Gasteiger partial charge in [-0.25, -0.2) is 14.2 Å². The van der Waals surface area contributed by atoms with Crippen molar-refractivity contribution in [1.29, 1.82) is 0 Å². The molecule has 0 aliphatic heterocycles. The van der Waals surface area contributed by atoms with Gasteiger partial charge in [0.2, 0.25) is 0 Å². The van der Waals surface area contributed by atoms with E-state index in [9.17, 15) is 8.78 Å². The van der Waals surface area contributed by atoms with Crippen LogP contribution in [-0.4, -0.2) is 0 Å². The Hall–Kier alpha value is -1.20. The van der Waals surface area contributed by atoms with E-state index in [0.29, 0.717) is 5.56 Å². The van der Waals surface area contributed by atoms with Crippen molar-refractivity contribution in [3.8, 4) is 0 Å². The van der Waals surface area contributed by atoms with Crippen LogP contribution in [0.1, 0.15) is 17.2 Å². The van der Waals surface area contributed by atoms with E-state index in [0.717, 1.165) is 0 Å². The fourth-order valence-electron chi connectivity index (χ4n) is 1.79. The summed E-state index contributed by atoms with van der Waals surface area (Å²) in [6, 6.07) is 7.69. The summed E-state index contributed by atoms with van der Waals surface area (Å²) >= 11 is 11.3. The lowest BCUT2D eigenvalue weighted by atomic mass is 9.99. The predicted molar refractivity (Wildman–Crippen MR) is 72.0 cm³/mol. The van der Waals surface area contributed by atoms with Crippen LogP contribution in [0.15, 0.2) is 36.4 Å². The molecule has 1 atom stereocenters. The zero-order chi connectivity index (χ0) is 14.0. The lowest BCUT2D eigenvalue weighted by Crippen LogP contribution is -2.29. The third-order valence-corrected chi connectivity index (χ3v) is 3.26. The van der Waals surface area contributed by atoms with Crippen LogP contribution in [0.25, 0.3) is 0 Å². The van der Waals surface area contributed by atoms with Crippen molar-refractivity contribution in [2.45, 2.75) is 6.04 Å². The highest BCUT2D eigenvalue weighted by Crippen LogP contribution is 2.27. The summed E-state index contributed by atoms with van der Waals surface area (Å²) in [5.41, 5.74) is 3.18. The minimum Gasteiger partial charge on any atom is -0.271 e. The number of hydrogen-bond donors (Lipinski definition) is 2. The van der Waals surface area contributed by atoms with Crippen LogP contribution in [0.3, 0.4) is 0 Å². The standard InChI is InChI=1S/C13H10Cl2F2N2/c14-8-2-3-9(11(16)6-8)13(19-18)7-1-4-10(15)12(17)5-7/h1-6,13,19H,18H2. The molecule has 0 radical (unpaired) electrons. The second kappa shape index (κ2) is 5.84. The molecule has 2 rings (SSSR count). The maximum absolute atomic E-state index is 13.9. The van der Waals surface area contributed by atoms with Gasteiger partial charge in [-0.1, -0.05) is 35.3 Å². The first kappa shape index (κ1) is 14.2. The molecule has 0 aliphatic rings. The van der Waals surface area contributed by atoms with Crippen LogP contribution in [-0.2, 0) is 0 Å². The van der Waals surface area contributed by atoms with Gasteiger partial charge >= 0.3 is 0 Å². The van der Waals surface area contributed by atoms with Gasteiger partial charge < -0.3 is 0 Å². The van der Waals surface area contributed by atoms with E-state index >= 15 is 0 Å². The zero-order valence-electron chi connectivity index (χ0n) is 9.63. The highest BCUT2D eigenvalue weighted by atomic mass is 35.5. The van der Waals surface area contributed by atoms with E-state index in [1.807, 2.05) is 0 Å². The quantitative estimate of drug-likeness (QED) is 0.668. The second-order valence-electron chi connectivity index (χ2n) is 3.94. The number of hydrazine groups is 1. The summed E-state index contributed by atoms with van der Waals surface area (Å²) in [5.74, 6) is 4.32.